The molecule has 0 unspecified atom stereocenters. The van der Waals surface area contributed by atoms with Gasteiger partial charge in [-0.05, 0) is 56.5 Å². The Morgan fingerprint density at radius 2 is 2.04 bits per heavy atom. The van der Waals surface area contributed by atoms with Crippen molar-refractivity contribution in [3.8, 4) is 5.75 Å². The van der Waals surface area contributed by atoms with Crippen LogP contribution in [-0.4, -0.2) is 54.5 Å². The molecule has 0 radical (unpaired) electrons. The highest BCUT2D eigenvalue weighted by molar-refractivity contribution is 5.79. The zero-order chi connectivity index (χ0) is 15.8. The number of hydrogen-bond donors (Lipinski definition) is 0. The Morgan fingerprint density at radius 3 is 2.87 bits per heavy atom. The van der Waals surface area contributed by atoms with E-state index in [9.17, 15) is 4.79 Å². The third-order valence-electron chi connectivity index (χ3n) is 5.75. The molecule has 3 aliphatic rings. The Kier molecular flexibility index (Phi) is 4.02. The lowest BCUT2D eigenvalue weighted by Crippen LogP contribution is -2.47. The van der Waals surface area contributed by atoms with Gasteiger partial charge in [0, 0.05) is 25.0 Å². The lowest BCUT2D eigenvalue weighted by Gasteiger charge is -2.33. The van der Waals surface area contributed by atoms with Crippen molar-refractivity contribution in [1.29, 1.82) is 0 Å². The topological polar surface area (TPSA) is 32.8 Å². The Labute approximate surface area is 138 Å². The second-order valence-electron chi connectivity index (χ2n) is 7.20. The number of hydrogen-bond acceptors (Lipinski definition) is 3. The van der Waals surface area contributed by atoms with Gasteiger partial charge in [-0.3, -0.25) is 4.79 Å². The van der Waals surface area contributed by atoms with E-state index in [1.54, 1.807) is 0 Å². The molecule has 2 atom stereocenters. The number of carbonyl (C=O) groups excluding carboxylic acids is 1. The number of likely N-dealkylation sites (tertiary alicyclic amines) is 2. The van der Waals surface area contributed by atoms with Gasteiger partial charge in [-0.1, -0.05) is 12.1 Å². The first-order chi connectivity index (χ1) is 11.2. The van der Waals surface area contributed by atoms with E-state index in [4.69, 9.17) is 4.74 Å². The van der Waals surface area contributed by atoms with Crippen molar-refractivity contribution in [3.05, 3.63) is 29.3 Å². The number of ether oxygens (including phenoxy) is 1. The first-order valence-corrected chi connectivity index (χ1v) is 8.97. The van der Waals surface area contributed by atoms with Gasteiger partial charge in [-0.2, -0.15) is 0 Å². The molecule has 23 heavy (non-hydrogen) atoms. The highest BCUT2D eigenvalue weighted by Gasteiger charge is 2.38. The molecular weight excluding hydrogens is 288 g/mol. The molecule has 3 heterocycles. The van der Waals surface area contributed by atoms with Crippen molar-refractivity contribution >= 4 is 5.91 Å². The fraction of sp³-hybridized carbons (Fsp3) is 0.632. The van der Waals surface area contributed by atoms with Crippen LogP contribution in [0.1, 0.15) is 36.8 Å². The van der Waals surface area contributed by atoms with Gasteiger partial charge in [-0.15, -0.1) is 0 Å². The first-order valence-electron chi connectivity index (χ1n) is 8.97. The summed E-state index contributed by atoms with van der Waals surface area (Å²) in [4.78, 5) is 17.5. The molecule has 0 saturated carbocycles. The van der Waals surface area contributed by atoms with Crippen LogP contribution in [0.15, 0.2) is 18.2 Å². The summed E-state index contributed by atoms with van der Waals surface area (Å²) in [6, 6.07) is 7.22. The smallest absolute Gasteiger partial charge is 0.227 e. The van der Waals surface area contributed by atoms with Crippen LogP contribution in [0.25, 0.3) is 0 Å². The molecule has 1 amide bonds. The average molecular weight is 314 g/mol. The Hall–Kier alpha value is -1.55. The number of rotatable bonds is 3. The molecule has 4 nitrogen and oxygen atoms in total. The van der Waals surface area contributed by atoms with Crippen LogP contribution < -0.4 is 4.74 Å². The molecule has 0 aliphatic carbocycles. The molecule has 0 N–H and O–H groups in total. The summed E-state index contributed by atoms with van der Waals surface area (Å²) >= 11 is 0. The number of amides is 1. The van der Waals surface area contributed by atoms with Crippen molar-refractivity contribution in [1.82, 2.24) is 9.80 Å². The van der Waals surface area contributed by atoms with Crippen LogP contribution in [0.5, 0.6) is 5.75 Å². The second-order valence-corrected chi connectivity index (χ2v) is 7.20. The number of carbonyl (C=O) groups is 1. The molecule has 0 aromatic heterocycles. The SMILES string of the molecule is CN1CCC[C@H]1[C@H]1CCCN1C(=O)Cc1ccc2c(c1)CCO2. The van der Waals surface area contributed by atoms with Gasteiger partial charge in [0.1, 0.15) is 5.75 Å². The summed E-state index contributed by atoms with van der Waals surface area (Å²) in [7, 11) is 2.21. The van der Waals surface area contributed by atoms with Crippen LogP contribution in [0.4, 0.5) is 0 Å². The first kappa shape index (κ1) is 15.0. The third-order valence-corrected chi connectivity index (χ3v) is 5.75. The standard InChI is InChI=1S/C19H26N2O2/c1-20-9-2-4-16(20)17-5-3-10-21(17)19(22)13-14-6-7-18-15(12-14)8-11-23-18/h6-7,12,16-17H,2-5,8-11,13H2,1H3/t16-,17+/m0/s1. The molecule has 1 aromatic carbocycles. The van der Waals surface area contributed by atoms with Gasteiger partial charge in [0.2, 0.25) is 5.91 Å². The third kappa shape index (κ3) is 2.85. The molecule has 4 heteroatoms. The van der Waals surface area contributed by atoms with Gasteiger partial charge in [0.05, 0.1) is 13.0 Å². The van der Waals surface area contributed by atoms with Crippen molar-refractivity contribution < 1.29 is 9.53 Å². The molecular formula is C19H26N2O2. The quantitative estimate of drug-likeness (QED) is 0.858. The molecule has 3 aliphatic heterocycles. The van der Waals surface area contributed by atoms with E-state index in [0.717, 1.165) is 37.3 Å². The van der Waals surface area contributed by atoms with Crippen molar-refractivity contribution in [2.24, 2.45) is 0 Å². The Morgan fingerprint density at radius 1 is 1.22 bits per heavy atom. The minimum Gasteiger partial charge on any atom is -0.493 e. The monoisotopic (exact) mass is 314 g/mol. The lowest BCUT2D eigenvalue weighted by molar-refractivity contribution is -0.132. The van der Waals surface area contributed by atoms with Crippen molar-refractivity contribution in [2.45, 2.75) is 50.6 Å². The zero-order valence-electron chi connectivity index (χ0n) is 14.0. The number of benzene rings is 1. The molecule has 124 valence electrons. The van der Waals surface area contributed by atoms with E-state index in [2.05, 4.69) is 29.0 Å². The fourth-order valence-electron chi connectivity index (χ4n) is 4.55. The minimum absolute atomic E-state index is 0.298. The summed E-state index contributed by atoms with van der Waals surface area (Å²) < 4.78 is 5.55. The summed E-state index contributed by atoms with van der Waals surface area (Å²) in [5.41, 5.74) is 2.38. The largest absolute Gasteiger partial charge is 0.493 e. The van der Waals surface area contributed by atoms with Gasteiger partial charge >= 0.3 is 0 Å². The number of likely N-dealkylation sites (N-methyl/N-ethyl adjacent to an activating group) is 1. The normalized spacial score (nSPS) is 27.3. The molecule has 0 spiro atoms. The lowest BCUT2D eigenvalue weighted by atomic mass is 10.0. The average Bonchev–Trinajstić information content (AvgIpc) is 3.25. The van der Waals surface area contributed by atoms with E-state index in [1.165, 1.54) is 31.4 Å². The van der Waals surface area contributed by atoms with E-state index >= 15 is 0 Å². The molecule has 4 rings (SSSR count). The zero-order valence-corrected chi connectivity index (χ0v) is 14.0. The Bertz CT molecular complexity index is 601. The minimum atomic E-state index is 0.298. The van der Waals surface area contributed by atoms with Gasteiger partial charge in [-0.25, -0.2) is 0 Å². The van der Waals surface area contributed by atoms with Crippen LogP contribution in [0, 0.1) is 0 Å². The summed E-state index contributed by atoms with van der Waals surface area (Å²) in [5, 5.41) is 0. The van der Waals surface area contributed by atoms with Gasteiger partial charge in [0.15, 0.2) is 0 Å². The predicted octanol–water partition coefficient (Wildman–Crippen LogP) is 2.25. The molecule has 2 saturated heterocycles. The predicted molar refractivity (Wildman–Crippen MR) is 89.7 cm³/mol. The van der Waals surface area contributed by atoms with Crippen molar-refractivity contribution in [3.63, 3.8) is 0 Å². The van der Waals surface area contributed by atoms with Crippen LogP contribution in [0.3, 0.4) is 0 Å². The van der Waals surface area contributed by atoms with Crippen LogP contribution in [-0.2, 0) is 17.6 Å². The number of fused-ring (bicyclic) bond motifs is 1. The molecule has 2 fully saturated rings. The van der Waals surface area contributed by atoms with Gasteiger partial charge < -0.3 is 14.5 Å². The Balaban J connectivity index is 1.45. The highest BCUT2D eigenvalue weighted by atomic mass is 16.5. The maximum absolute atomic E-state index is 12.9. The maximum atomic E-state index is 12.9. The molecule has 0 bridgehead atoms. The maximum Gasteiger partial charge on any atom is 0.227 e. The van der Waals surface area contributed by atoms with Gasteiger partial charge in [0.25, 0.3) is 0 Å². The second kappa shape index (κ2) is 6.16. The van der Waals surface area contributed by atoms with E-state index < -0.39 is 0 Å². The summed E-state index contributed by atoms with van der Waals surface area (Å²) in [6.45, 7) is 2.88. The molecule has 1 aromatic rings. The van der Waals surface area contributed by atoms with Crippen LogP contribution in [0.2, 0.25) is 0 Å². The fourth-order valence-corrected chi connectivity index (χ4v) is 4.55. The summed E-state index contributed by atoms with van der Waals surface area (Å²) in [5.74, 6) is 1.29. The van der Waals surface area contributed by atoms with Crippen molar-refractivity contribution in [2.75, 3.05) is 26.7 Å². The van der Waals surface area contributed by atoms with E-state index in [1.807, 2.05) is 6.07 Å². The van der Waals surface area contributed by atoms with E-state index in [-0.39, 0.29) is 0 Å². The van der Waals surface area contributed by atoms with E-state index in [0.29, 0.717) is 24.4 Å². The summed E-state index contributed by atoms with van der Waals surface area (Å²) in [6.07, 6.45) is 6.32. The number of nitrogens with zero attached hydrogens (tertiary/aromatic N) is 2. The van der Waals surface area contributed by atoms with Crippen LogP contribution >= 0.6 is 0 Å². The highest BCUT2D eigenvalue weighted by Crippen LogP contribution is 2.30.